The van der Waals surface area contributed by atoms with E-state index >= 15 is 0 Å². The molecule has 0 saturated heterocycles. The van der Waals surface area contributed by atoms with Crippen molar-refractivity contribution in [2.75, 3.05) is 0 Å². The van der Waals surface area contributed by atoms with E-state index in [9.17, 15) is 0 Å². The van der Waals surface area contributed by atoms with E-state index in [2.05, 4.69) is 99.0 Å². The van der Waals surface area contributed by atoms with E-state index in [4.69, 9.17) is 17.0 Å². The number of rotatable bonds is 6. The van der Waals surface area contributed by atoms with Gasteiger partial charge in [0.15, 0.2) is 0 Å². The third kappa shape index (κ3) is 5.21. The van der Waals surface area contributed by atoms with E-state index in [0.717, 1.165) is 12.8 Å². The molecule has 4 heteroatoms. The van der Waals surface area contributed by atoms with E-state index in [-0.39, 0.29) is 0 Å². The second kappa shape index (κ2) is 11.7. The van der Waals surface area contributed by atoms with Crippen molar-refractivity contribution in [3.05, 3.63) is 144 Å². The topological polar surface area (TPSA) is 0 Å². The Morgan fingerprint density at radius 1 is 0.758 bits per heavy atom. The summed E-state index contributed by atoms with van der Waals surface area (Å²) in [6.45, 7) is 8.97. The minimum atomic E-state index is -1.94. The Morgan fingerprint density at radius 2 is 1.21 bits per heavy atom. The van der Waals surface area contributed by atoms with Gasteiger partial charge in [-0.25, -0.2) is 0 Å². The fourth-order valence-corrected chi connectivity index (χ4v) is 8.79. The van der Waals surface area contributed by atoms with Gasteiger partial charge >= 0.3 is 37.9 Å². The summed E-state index contributed by atoms with van der Waals surface area (Å²) in [7, 11) is 7.92. The van der Waals surface area contributed by atoms with Crippen LogP contribution in [0.25, 0.3) is 0 Å². The summed E-state index contributed by atoms with van der Waals surface area (Å²) >= 11 is -0.826. The van der Waals surface area contributed by atoms with Gasteiger partial charge in [-0.2, -0.15) is 0 Å². The number of hydrogen-bond acceptors (Lipinski definition) is 0. The zero-order valence-corrected chi connectivity index (χ0v) is 24.1. The monoisotopic (exact) mass is 564 g/mol. The third-order valence-corrected chi connectivity index (χ3v) is 10.3. The number of halogens is 2. The first-order chi connectivity index (χ1) is 16.0. The number of allylic oxidation sites excluding steroid dienone is 13. The van der Waals surface area contributed by atoms with Crippen LogP contribution in [0.2, 0.25) is 13.1 Å². The molecule has 0 atom stereocenters. The molecule has 0 spiro atoms. The van der Waals surface area contributed by atoms with Crippen molar-refractivity contribution in [3.63, 3.8) is 0 Å². The summed E-state index contributed by atoms with van der Waals surface area (Å²) in [5.74, 6) is 10.1. The van der Waals surface area contributed by atoms with Gasteiger partial charge in [0.1, 0.15) is 0 Å². The molecular weight excluding hydrogens is 539 g/mol. The SMILES string of the molecule is C=CCCC[C]1[CH][C]([Si](C)(C)[C]2[C]3C=CC=C[C]3[C]3C=CC=C[C]32)[C]2C=CC=C[C]12.[Cl][Zr+2][Cl]. The van der Waals surface area contributed by atoms with Crippen molar-refractivity contribution in [3.8, 4) is 0 Å². The molecule has 5 aliphatic rings. The van der Waals surface area contributed by atoms with Crippen LogP contribution in [0.3, 0.4) is 0 Å². The first-order valence-electron chi connectivity index (χ1n) is 11.4. The molecule has 0 aromatic carbocycles. The quantitative estimate of drug-likeness (QED) is 0.172. The Hall–Kier alpha value is -0.140. The van der Waals surface area contributed by atoms with Crippen LogP contribution in [0.15, 0.2) is 85.6 Å². The molecular formula is C29H28Cl2SiZr+2. The van der Waals surface area contributed by atoms with Gasteiger partial charge in [-0.3, -0.25) is 0 Å². The molecule has 5 rings (SSSR count). The van der Waals surface area contributed by atoms with Crippen molar-refractivity contribution in [2.24, 2.45) is 0 Å². The molecule has 0 aromatic heterocycles. The van der Waals surface area contributed by atoms with Crippen molar-refractivity contribution in [1.29, 1.82) is 0 Å². The fourth-order valence-electron chi connectivity index (χ4n) is 5.31. The van der Waals surface area contributed by atoms with Gasteiger partial charge in [0.25, 0.3) is 0 Å². The summed E-state index contributed by atoms with van der Waals surface area (Å²) in [6, 6.07) is 0. The van der Waals surface area contributed by atoms with Crippen LogP contribution in [0, 0.1) is 58.9 Å². The van der Waals surface area contributed by atoms with Crippen LogP contribution < -0.4 is 0 Å². The average Bonchev–Trinajstić information content (AvgIpc) is 3.37. The van der Waals surface area contributed by atoms with E-state index < -0.39 is 28.9 Å². The van der Waals surface area contributed by atoms with E-state index in [1.54, 1.807) is 11.1 Å². The normalized spacial score (nSPS) is 24.6. The molecule has 5 aliphatic carbocycles. The van der Waals surface area contributed by atoms with Gasteiger partial charge in [0.2, 0.25) is 0 Å². The van der Waals surface area contributed by atoms with Crippen LogP contribution in [0.4, 0.5) is 0 Å². The summed E-state index contributed by atoms with van der Waals surface area (Å²) < 4.78 is 0. The summed E-state index contributed by atoms with van der Waals surface area (Å²) in [6.07, 6.45) is 34.9. The first kappa shape index (κ1) is 25.9. The van der Waals surface area contributed by atoms with Crippen LogP contribution in [-0.4, -0.2) is 8.07 Å². The minimum absolute atomic E-state index is 0.826. The summed E-state index contributed by atoms with van der Waals surface area (Å²) in [5.41, 5.74) is 3.16. The van der Waals surface area contributed by atoms with Crippen LogP contribution in [0.5, 0.6) is 0 Å². The van der Waals surface area contributed by atoms with Gasteiger partial charge in [0.05, 0.1) is 8.07 Å². The standard InChI is InChI=1S/C29H28Si.2ClH.Zr/c1-4-5-6-13-21-20-28(25-17-10-7-14-22(21)25)30(2,3)29-26-18-11-8-15-23(26)24-16-9-12-19-27(24)29;;;/h4,7-12,14-20H,1,5-6,13H2,2-3H3;2*1H;/q;;;+4/p-2. The molecule has 0 heterocycles. The van der Waals surface area contributed by atoms with Crippen LogP contribution in [0.1, 0.15) is 19.3 Å². The summed E-state index contributed by atoms with van der Waals surface area (Å²) in [4.78, 5) is 0. The van der Waals surface area contributed by atoms with Crippen LogP contribution in [-0.2, 0) is 20.8 Å². The van der Waals surface area contributed by atoms with Crippen molar-refractivity contribution in [2.45, 2.75) is 32.4 Å². The van der Waals surface area contributed by atoms with Crippen molar-refractivity contribution in [1.82, 2.24) is 0 Å². The van der Waals surface area contributed by atoms with Gasteiger partial charge in [-0.05, 0) is 42.7 Å². The molecule has 0 nitrogen and oxygen atoms in total. The molecule has 0 amide bonds. The number of hydrogen-bond donors (Lipinski definition) is 0. The second-order valence-corrected chi connectivity index (χ2v) is 17.0. The van der Waals surface area contributed by atoms with Gasteiger partial charge in [0, 0.05) is 35.5 Å². The average molecular weight is 567 g/mol. The summed E-state index contributed by atoms with van der Waals surface area (Å²) in [5, 5.41) is 0. The first-order valence-corrected chi connectivity index (χ1v) is 20.7. The zero-order valence-electron chi connectivity index (χ0n) is 19.2. The van der Waals surface area contributed by atoms with Crippen molar-refractivity contribution < 1.29 is 20.8 Å². The Bertz CT molecular complexity index is 833. The molecule has 0 N–H and O–H groups in total. The van der Waals surface area contributed by atoms with Gasteiger partial charge < -0.3 is 0 Å². The Kier molecular flexibility index (Phi) is 9.22. The molecule has 0 unspecified atom stereocenters. The Balaban J connectivity index is 0.000000821. The maximum atomic E-state index is 4.93. The number of fused-ring (bicyclic) bond motifs is 4. The zero-order chi connectivity index (χ0) is 23.4. The Morgan fingerprint density at radius 3 is 1.73 bits per heavy atom. The molecule has 33 heavy (non-hydrogen) atoms. The van der Waals surface area contributed by atoms with Crippen LogP contribution >= 0.6 is 17.0 Å². The molecule has 0 aromatic rings. The molecule has 2 fully saturated rings. The predicted octanol–water partition coefficient (Wildman–Crippen LogP) is 8.29. The van der Waals surface area contributed by atoms with Gasteiger partial charge in [-0.1, -0.05) is 92.1 Å². The predicted molar refractivity (Wildman–Crippen MR) is 142 cm³/mol. The molecule has 10 radical (unpaired) electrons. The van der Waals surface area contributed by atoms with E-state index in [1.807, 2.05) is 6.08 Å². The molecule has 164 valence electrons. The fraction of sp³-hybridized carbons (Fsp3) is 0.172. The maximum absolute atomic E-state index is 4.93. The Labute approximate surface area is 221 Å². The van der Waals surface area contributed by atoms with E-state index in [1.165, 1.54) is 47.8 Å². The molecule has 0 aliphatic heterocycles. The second-order valence-electron chi connectivity index (χ2n) is 8.97. The molecule has 2 saturated carbocycles. The number of unbranched alkanes of at least 4 members (excludes halogenated alkanes) is 1. The van der Waals surface area contributed by atoms with E-state index in [0.29, 0.717) is 0 Å². The molecule has 0 bridgehead atoms. The third-order valence-electron chi connectivity index (χ3n) is 6.72. The van der Waals surface area contributed by atoms with Crippen molar-refractivity contribution >= 4 is 25.1 Å². The van der Waals surface area contributed by atoms with Gasteiger partial charge in [-0.15, -0.1) is 6.58 Å².